The molecule has 0 atom stereocenters. The molecular formula is C21H28F3N3O. The molecule has 1 N–H and O–H groups in total. The predicted octanol–water partition coefficient (Wildman–Crippen LogP) is 4.11. The third-order valence-corrected chi connectivity index (χ3v) is 7.62. The summed E-state index contributed by atoms with van der Waals surface area (Å²) in [5, 5.41) is 7.06. The quantitative estimate of drug-likeness (QED) is 0.783. The highest BCUT2D eigenvalue weighted by molar-refractivity contribution is 5.76. The van der Waals surface area contributed by atoms with Gasteiger partial charge in [-0.3, -0.25) is 9.48 Å². The first-order chi connectivity index (χ1) is 13.4. The number of hydrogen-bond donors (Lipinski definition) is 1. The van der Waals surface area contributed by atoms with E-state index in [9.17, 15) is 18.0 Å². The first-order valence-electron chi connectivity index (χ1n) is 10.8. The second-order valence-corrected chi connectivity index (χ2v) is 9.51. The molecule has 4 nitrogen and oxygen atoms in total. The molecule has 7 heteroatoms. The lowest BCUT2D eigenvalue weighted by atomic mass is 9.54. The van der Waals surface area contributed by atoms with E-state index in [0.717, 1.165) is 31.1 Å². The molecule has 0 saturated heterocycles. The van der Waals surface area contributed by atoms with Crippen molar-refractivity contribution in [2.45, 2.75) is 83.0 Å². The molecule has 0 unspecified atom stereocenters. The van der Waals surface area contributed by atoms with Crippen LogP contribution in [0.15, 0.2) is 0 Å². The maximum Gasteiger partial charge on any atom is 0.435 e. The summed E-state index contributed by atoms with van der Waals surface area (Å²) in [6.45, 7) is -0.0960. The van der Waals surface area contributed by atoms with Gasteiger partial charge in [-0.2, -0.15) is 18.3 Å². The highest BCUT2D eigenvalue weighted by Crippen LogP contribution is 2.53. The molecule has 0 spiro atoms. The van der Waals surface area contributed by atoms with Crippen LogP contribution >= 0.6 is 0 Å². The minimum absolute atomic E-state index is 0.0960. The van der Waals surface area contributed by atoms with Crippen molar-refractivity contribution in [1.29, 1.82) is 0 Å². The molecule has 4 saturated carbocycles. The van der Waals surface area contributed by atoms with Crippen molar-refractivity contribution in [3.63, 3.8) is 0 Å². The molecule has 4 bridgehead atoms. The molecule has 1 heterocycles. The van der Waals surface area contributed by atoms with E-state index in [-0.39, 0.29) is 18.5 Å². The number of aromatic nitrogens is 2. The molecule has 4 fully saturated rings. The Balaban J connectivity index is 1.33. The number of fused-ring (bicyclic) bond motifs is 1. The molecule has 0 radical (unpaired) electrons. The monoisotopic (exact) mass is 395 g/mol. The fourth-order valence-corrected chi connectivity index (χ4v) is 6.73. The van der Waals surface area contributed by atoms with Crippen LogP contribution < -0.4 is 5.32 Å². The van der Waals surface area contributed by atoms with Crippen molar-refractivity contribution in [3.05, 3.63) is 17.0 Å². The van der Waals surface area contributed by atoms with E-state index < -0.39 is 11.9 Å². The van der Waals surface area contributed by atoms with Gasteiger partial charge in [-0.1, -0.05) is 6.42 Å². The summed E-state index contributed by atoms with van der Waals surface area (Å²) in [6, 6.07) is 0.205. The van der Waals surface area contributed by atoms with Gasteiger partial charge in [0.05, 0.1) is 0 Å². The molecular weight excluding hydrogens is 367 g/mol. The number of amides is 1. The second kappa shape index (κ2) is 6.77. The zero-order valence-corrected chi connectivity index (χ0v) is 16.1. The van der Waals surface area contributed by atoms with Crippen molar-refractivity contribution < 1.29 is 18.0 Å². The lowest BCUT2D eigenvalue weighted by molar-refractivity contribution is -0.142. The van der Waals surface area contributed by atoms with Crippen molar-refractivity contribution in [2.75, 3.05) is 0 Å². The van der Waals surface area contributed by atoms with E-state index in [1.54, 1.807) is 0 Å². The lowest BCUT2D eigenvalue weighted by Crippen LogP contribution is -2.56. The van der Waals surface area contributed by atoms with Gasteiger partial charge in [-0.25, -0.2) is 0 Å². The smallest absolute Gasteiger partial charge is 0.351 e. The predicted molar refractivity (Wildman–Crippen MR) is 97.5 cm³/mol. The second-order valence-electron chi connectivity index (χ2n) is 9.51. The summed E-state index contributed by atoms with van der Waals surface area (Å²) in [5.41, 5.74) is 0.143. The number of halogens is 3. The molecule has 5 aliphatic rings. The van der Waals surface area contributed by atoms with Crippen LogP contribution in [-0.2, 0) is 30.4 Å². The highest BCUT2D eigenvalue weighted by Gasteiger charge is 2.48. The van der Waals surface area contributed by atoms with Crippen molar-refractivity contribution in [2.24, 2.45) is 23.7 Å². The molecule has 0 aromatic carbocycles. The normalized spacial score (nSPS) is 34.2. The van der Waals surface area contributed by atoms with Crippen LogP contribution in [0.25, 0.3) is 0 Å². The third kappa shape index (κ3) is 3.24. The van der Waals surface area contributed by atoms with Gasteiger partial charge in [0.15, 0.2) is 5.69 Å². The van der Waals surface area contributed by atoms with Crippen LogP contribution in [0.5, 0.6) is 0 Å². The number of alkyl halides is 3. The molecule has 0 aliphatic heterocycles. The van der Waals surface area contributed by atoms with Crippen LogP contribution in [0.1, 0.15) is 68.3 Å². The van der Waals surface area contributed by atoms with Gasteiger partial charge in [-0.05, 0) is 81.5 Å². The fraction of sp³-hybridized carbons (Fsp3) is 0.810. The van der Waals surface area contributed by atoms with E-state index in [1.807, 2.05) is 0 Å². The van der Waals surface area contributed by atoms with Crippen LogP contribution in [0.3, 0.4) is 0 Å². The maximum atomic E-state index is 13.5. The molecule has 5 aliphatic carbocycles. The van der Waals surface area contributed by atoms with E-state index >= 15 is 0 Å². The minimum atomic E-state index is -4.46. The average molecular weight is 395 g/mol. The van der Waals surface area contributed by atoms with Crippen LogP contribution in [0.2, 0.25) is 0 Å². The first-order valence-corrected chi connectivity index (χ1v) is 10.8. The number of nitrogens with one attached hydrogen (secondary N) is 1. The molecule has 154 valence electrons. The van der Waals surface area contributed by atoms with Crippen LogP contribution in [0, 0.1) is 23.7 Å². The van der Waals surface area contributed by atoms with Crippen molar-refractivity contribution in [3.8, 4) is 0 Å². The summed E-state index contributed by atoms with van der Waals surface area (Å²) in [5.74, 6) is 2.58. The van der Waals surface area contributed by atoms with Crippen molar-refractivity contribution >= 4 is 5.91 Å². The van der Waals surface area contributed by atoms with Crippen LogP contribution in [0.4, 0.5) is 13.2 Å². The Labute approximate surface area is 163 Å². The van der Waals surface area contributed by atoms with Gasteiger partial charge in [-0.15, -0.1) is 0 Å². The largest absolute Gasteiger partial charge is 0.435 e. The Hall–Kier alpha value is -1.53. The van der Waals surface area contributed by atoms with Gasteiger partial charge >= 0.3 is 6.18 Å². The van der Waals surface area contributed by atoms with Gasteiger partial charge in [0.1, 0.15) is 6.54 Å². The molecule has 6 rings (SSSR count). The summed E-state index contributed by atoms with van der Waals surface area (Å²) >= 11 is 0. The first kappa shape index (κ1) is 18.5. The standard InChI is InChI=1S/C21H28F3N3O/c22-21(23,24)20-16-4-2-1-3-5-17(16)27(26-20)11-18(28)25-19-14-7-12-6-13(9-14)10-15(19)8-12/h12-15,19H,1-11H2,(H,25,28). The number of carbonyl (C=O) groups excluding carboxylic acids is 1. The maximum absolute atomic E-state index is 13.5. The van der Waals surface area contributed by atoms with Gasteiger partial charge in [0, 0.05) is 17.3 Å². The lowest BCUT2D eigenvalue weighted by Gasteiger charge is -2.54. The molecule has 28 heavy (non-hydrogen) atoms. The third-order valence-electron chi connectivity index (χ3n) is 7.62. The Bertz CT molecular complexity index is 742. The molecule has 1 amide bonds. The topological polar surface area (TPSA) is 46.9 Å². The van der Waals surface area contributed by atoms with Gasteiger partial charge < -0.3 is 5.32 Å². The zero-order chi connectivity index (χ0) is 19.5. The molecule has 1 aromatic rings. The summed E-state index contributed by atoms with van der Waals surface area (Å²) in [6.07, 6.45) is 5.21. The zero-order valence-electron chi connectivity index (χ0n) is 16.1. The van der Waals surface area contributed by atoms with Gasteiger partial charge in [0.25, 0.3) is 0 Å². The SMILES string of the molecule is O=C(Cn1nc(C(F)(F)F)c2c1CCCCC2)NC1C2CC3CC(C2)CC1C3. The van der Waals surface area contributed by atoms with Crippen molar-refractivity contribution in [1.82, 2.24) is 15.1 Å². The summed E-state index contributed by atoms with van der Waals surface area (Å²) < 4.78 is 41.7. The number of nitrogens with zero attached hydrogens (tertiary/aromatic N) is 2. The van der Waals surface area contributed by atoms with Gasteiger partial charge in [0.2, 0.25) is 5.91 Å². The summed E-state index contributed by atoms with van der Waals surface area (Å²) in [4.78, 5) is 12.8. The van der Waals surface area contributed by atoms with E-state index in [4.69, 9.17) is 0 Å². The number of rotatable bonds is 3. The Morgan fingerprint density at radius 1 is 1.00 bits per heavy atom. The van der Waals surface area contributed by atoms with E-state index in [2.05, 4.69) is 10.4 Å². The Morgan fingerprint density at radius 3 is 2.29 bits per heavy atom. The highest BCUT2D eigenvalue weighted by atomic mass is 19.4. The van der Waals surface area contributed by atoms with Crippen LogP contribution in [-0.4, -0.2) is 21.7 Å². The Kier molecular flexibility index (Phi) is 4.47. The number of hydrogen-bond acceptors (Lipinski definition) is 2. The number of carbonyl (C=O) groups is 1. The summed E-state index contributed by atoms with van der Waals surface area (Å²) in [7, 11) is 0. The average Bonchev–Trinajstić information content (AvgIpc) is 2.80. The molecule has 1 aromatic heterocycles. The minimum Gasteiger partial charge on any atom is -0.351 e. The fourth-order valence-electron chi connectivity index (χ4n) is 6.73. The Morgan fingerprint density at radius 2 is 1.64 bits per heavy atom. The van der Waals surface area contributed by atoms with E-state index in [0.29, 0.717) is 35.9 Å². The van der Waals surface area contributed by atoms with E-state index in [1.165, 1.54) is 36.8 Å².